The zero-order valence-electron chi connectivity index (χ0n) is 18.6. The number of para-hydroxylation sites is 1. The Bertz CT molecular complexity index is 1370. The maximum absolute atomic E-state index is 12.8. The van der Waals surface area contributed by atoms with Crippen molar-refractivity contribution in [3.8, 4) is 0 Å². The third-order valence-electron chi connectivity index (χ3n) is 4.91. The number of hydrogen-bond acceptors (Lipinski definition) is 6. The lowest BCUT2D eigenvalue weighted by molar-refractivity contribution is 0.600. The fourth-order valence-electron chi connectivity index (χ4n) is 3.42. The molecule has 0 fully saturated rings. The Balaban J connectivity index is 1.48. The lowest BCUT2D eigenvalue weighted by Crippen LogP contribution is -2.14. The average Bonchev–Trinajstić information content (AvgIpc) is 2.75. The second-order valence-corrected chi connectivity index (χ2v) is 9.44. The zero-order valence-corrected chi connectivity index (χ0v) is 19.4. The molecule has 0 aliphatic carbocycles. The predicted octanol–water partition coefficient (Wildman–Crippen LogP) is 5.69. The minimum absolute atomic E-state index is 0.266. The number of nitrogens with one attached hydrogen (secondary N) is 3. The lowest BCUT2D eigenvalue weighted by atomic mass is 10.2. The number of benzene rings is 3. The van der Waals surface area contributed by atoms with Crippen LogP contribution in [0.15, 0.2) is 83.8 Å². The second kappa shape index (κ2) is 9.30. The van der Waals surface area contributed by atoms with Crippen LogP contribution in [0.1, 0.15) is 16.8 Å². The minimum Gasteiger partial charge on any atom is -0.340 e. The normalized spacial score (nSPS) is 11.1. The summed E-state index contributed by atoms with van der Waals surface area (Å²) in [5.74, 6) is 1.12. The van der Waals surface area contributed by atoms with Crippen LogP contribution in [0.2, 0.25) is 0 Å². The van der Waals surface area contributed by atoms with Crippen LogP contribution in [0, 0.1) is 20.8 Å². The van der Waals surface area contributed by atoms with Crippen molar-refractivity contribution in [1.82, 2.24) is 9.97 Å². The van der Waals surface area contributed by atoms with Crippen LogP contribution in [-0.4, -0.2) is 18.4 Å². The number of aryl methyl sites for hydroxylation is 3. The molecule has 1 heterocycles. The van der Waals surface area contributed by atoms with Crippen molar-refractivity contribution in [1.29, 1.82) is 0 Å². The maximum Gasteiger partial charge on any atom is 0.262 e. The molecule has 0 radical (unpaired) electrons. The Morgan fingerprint density at radius 2 is 1.36 bits per heavy atom. The molecule has 0 saturated heterocycles. The summed E-state index contributed by atoms with van der Waals surface area (Å²) in [5.41, 5.74) is 4.67. The van der Waals surface area contributed by atoms with E-state index in [4.69, 9.17) is 0 Å². The molecule has 0 bridgehead atoms. The molecule has 0 unspecified atom stereocenters. The van der Waals surface area contributed by atoms with Gasteiger partial charge in [0.1, 0.15) is 5.82 Å². The van der Waals surface area contributed by atoms with Gasteiger partial charge in [-0.05, 0) is 68.8 Å². The van der Waals surface area contributed by atoms with Gasteiger partial charge in [0.2, 0.25) is 5.95 Å². The minimum atomic E-state index is -3.68. The topological polar surface area (TPSA) is 96.0 Å². The summed E-state index contributed by atoms with van der Waals surface area (Å²) in [6, 6.07) is 23.8. The van der Waals surface area contributed by atoms with Crippen molar-refractivity contribution in [3.63, 3.8) is 0 Å². The van der Waals surface area contributed by atoms with Gasteiger partial charge in [0, 0.05) is 28.8 Å². The molecular formula is C25H25N5O2S. The molecule has 0 amide bonds. The largest absolute Gasteiger partial charge is 0.340 e. The van der Waals surface area contributed by atoms with E-state index >= 15 is 0 Å². The van der Waals surface area contributed by atoms with E-state index in [2.05, 4.69) is 25.3 Å². The van der Waals surface area contributed by atoms with Crippen LogP contribution in [0.3, 0.4) is 0 Å². The van der Waals surface area contributed by atoms with Crippen LogP contribution in [-0.2, 0) is 10.0 Å². The molecule has 168 valence electrons. The molecule has 3 aromatic carbocycles. The van der Waals surface area contributed by atoms with Crippen LogP contribution in [0.4, 0.5) is 28.8 Å². The number of aromatic nitrogens is 2. The van der Waals surface area contributed by atoms with Gasteiger partial charge in [-0.15, -0.1) is 0 Å². The second-order valence-electron chi connectivity index (χ2n) is 7.79. The SMILES string of the molecule is Cc1ccc(S(=O)(=O)Nc2ccc(Nc3nc(C)cc(Nc4ccccc4)n3)cc2)c(C)c1. The summed E-state index contributed by atoms with van der Waals surface area (Å²) in [4.78, 5) is 9.22. The first-order chi connectivity index (χ1) is 15.8. The summed E-state index contributed by atoms with van der Waals surface area (Å²) in [5, 5.41) is 6.43. The maximum atomic E-state index is 12.8. The van der Waals surface area contributed by atoms with Gasteiger partial charge in [-0.1, -0.05) is 35.9 Å². The first kappa shape index (κ1) is 22.3. The number of rotatable bonds is 7. The van der Waals surface area contributed by atoms with Gasteiger partial charge in [0.05, 0.1) is 4.90 Å². The van der Waals surface area contributed by atoms with Gasteiger partial charge in [0.25, 0.3) is 10.0 Å². The van der Waals surface area contributed by atoms with Crippen LogP contribution in [0.5, 0.6) is 0 Å². The molecule has 0 atom stereocenters. The van der Waals surface area contributed by atoms with Crippen molar-refractivity contribution in [2.45, 2.75) is 25.7 Å². The molecule has 7 nitrogen and oxygen atoms in total. The van der Waals surface area contributed by atoms with Crippen molar-refractivity contribution in [2.75, 3.05) is 15.4 Å². The van der Waals surface area contributed by atoms with Gasteiger partial charge >= 0.3 is 0 Å². The zero-order chi connectivity index (χ0) is 23.4. The molecule has 4 rings (SSSR count). The highest BCUT2D eigenvalue weighted by molar-refractivity contribution is 7.92. The van der Waals surface area contributed by atoms with Crippen molar-refractivity contribution in [2.24, 2.45) is 0 Å². The van der Waals surface area contributed by atoms with Crippen molar-refractivity contribution >= 4 is 38.9 Å². The van der Waals surface area contributed by atoms with E-state index in [-0.39, 0.29) is 4.90 Å². The monoisotopic (exact) mass is 459 g/mol. The fraction of sp³-hybridized carbons (Fsp3) is 0.120. The smallest absolute Gasteiger partial charge is 0.262 e. The molecule has 33 heavy (non-hydrogen) atoms. The molecule has 8 heteroatoms. The number of nitrogens with zero attached hydrogens (tertiary/aromatic N) is 2. The van der Waals surface area contributed by atoms with Crippen molar-refractivity contribution < 1.29 is 8.42 Å². The van der Waals surface area contributed by atoms with Gasteiger partial charge in [-0.2, -0.15) is 4.98 Å². The van der Waals surface area contributed by atoms with Gasteiger partial charge < -0.3 is 10.6 Å². The molecular weight excluding hydrogens is 434 g/mol. The van der Waals surface area contributed by atoms with E-state index in [0.717, 1.165) is 22.6 Å². The van der Waals surface area contributed by atoms with E-state index in [9.17, 15) is 8.42 Å². The standard InChI is InChI=1S/C25H25N5O2S/c1-17-9-14-23(18(2)15-17)33(31,32)30-22-12-10-21(11-13-22)28-25-26-19(3)16-24(29-25)27-20-7-5-4-6-8-20/h4-16,30H,1-3H3,(H2,26,27,28,29). The van der Waals surface area contributed by atoms with E-state index in [1.807, 2.05) is 56.3 Å². The van der Waals surface area contributed by atoms with E-state index < -0.39 is 10.0 Å². The molecule has 0 aliphatic heterocycles. The summed E-state index contributed by atoms with van der Waals surface area (Å²) in [6.45, 7) is 5.62. The molecule has 0 saturated carbocycles. The number of anilines is 5. The number of sulfonamides is 1. The Morgan fingerprint density at radius 1 is 0.697 bits per heavy atom. The lowest BCUT2D eigenvalue weighted by Gasteiger charge is -2.12. The number of hydrogen-bond donors (Lipinski definition) is 3. The Hall–Kier alpha value is -3.91. The summed E-state index contributed by atoms with van der Waals surface area (Å²) < 4.78 is 28.2. The van der Waals surface area contributed by atoms with Crippen LogP contribution < -0.4 is 15.4 Å². The molecule has 4 aromatic rings. The summed E-state index contributed by atoms with van der Waals surface area (Å²) >= 11 is 0. The highest BCUT2D eigenvalue weighted by atomic mass is 32.2. The molecule has 3 N–H and O–H groups in total. The van der Waals surface area contributed by atoms with E-state index in [1.165, 1.54) is 0 Å². The average molecular weight is 460 g/mol. The Kier molecular flexibility index (Phi) is 6.28. The van der Waals surface area contributed by atoms with Crippen LogP contribution >= 0.6 is 0 Å². The molecule has 0 spiro atoms. The quantitative estimate of drug-likeness (QED) is 0.329. The Morgan fingerprint density at radius 3 is 2.06 bits per heavy atom. The summed E-state index contributed by atoms with van der Waals surface area (Å²) in [7, 11) is -3.68. The molecule has 1 aromatic heterocycles. The first-order valence-corrected chi connectivity index (χ1v) is 11.9. The summed E-state index contributed by atoms with van der Waals surface area (Å²) in [6.07, 6.45) is 0. The van der Waals surface area contributed by atoms with E-state index in [1.54, 1.807) is 43.3 Å². The fourth-order valence-corrected chi connectivity index (χ4v) is 4.71. The third-order valence-corrected chi connectivity index (χ3v) is 6.46. The van der Waals surface area contributed by atoms with Gasteiger partial charge in [-0.25, -0.2) is 13.4 Å². The highest BCUT2D eigenvalue weighted by Gasteiger charge is 2.17. The van der Waals surface area contributed by atoms with Gasteiger partial charge in [-0.3, -0.25) is 4.72 Å². The predicted molar refractivity (Wildman–Crippen MR) is 133 cm³/mol. The van der Waals surface area contributed by atoms with Gasteiger partial charge in [0.15, 0.2) is 0 Å². The molecule has 0 aliphatic rings. The highest BCUT2D eigenvalue weighted by Crippen LogP contribution is 2.23. The first-order valence-electron chi connectivity index (χ1n) is 10.4. The Labute approximate surface area is 194 Å². The third kappa shape index (κ3) is 5.67. The van der Waals surface area contributed by atoms with E-state index in [0.29, 0.717) is 23.0 Å². The van der Waals surface area contributed by atoms with Crippen molar-refractivity contribution in [3.05, 3.63) is 95.7 Å². The van der Waals surface area contributed by atoms with Crippen LogP contribution in [0.25, 0.3) is 0 Å².